The van der Waals surface area contributed by atoms with Gasteiger partial charge in [0, 0.05) is 19.7 Å². The van der Waals surface area contributed by atoms with E-state index in [0.29, 0.717) is 17.6 Å². The Hall–Kier alpha value is -0.120. The van der Waals surface area contributed by atoms with Gasteiger partial charge in [0.05, 0.1) is 6.10 Å². The molecule has 1 saturated heterocycles. The smallest absolute Gasteiger partial charge is 0.0698 e. The van der Waals surface area contributed by atoms with Gasteiger partial charge in [0.1, 0.15) is 0 Å². The summed E-state index contributed by atoms with van der Waals surface area (Å²) in [5, 5.41) is 3.63. The molecule has 0 aliphatic carbocycles. The maximum atomic E-state index is 5.49. The Morgan fingerprint density at radius 2 is 2.11 bits per heavy atom. The zero-order chi connectivity index (χ0) is 13.6. The summed E-state index contributed by atoms with van der Waals surface area (Å²) in [4.78, 5) is 2.56. The fourth-order valence-electron chi connectivity index (χ4n) is 2.81. The van der Waals surface area contributed by atoms with Gasteiger partial charge in [0.15, 0.2) is 0 Å². The Bertz CT molecular complexity index is 225. The van der Waals surface area contributed by atoms with Crippen molar-refractivity contribution in [3.05, 3.63) is 0 Å². The molecule has 1 heterocycles. The van der Waals surface area contributed by atoms with Crippen molar-refractivity contribution in [3.63, 3.8) is 0 Å². The molecule has 3 heteroatoms. The summed E-state index contributed by atoms with van der Waals surface area (Å²) >= 11 is 0. The Labute approximate surface area is 113 Å². The van der Waals surface area contributed by atoms with Gasteiger partial charge >= 0.3 is 0 Å². The minimum Gasteiger partial charge on any atom is -0.380 e. The molecule has 0 aromatic carbocycles. The van der Waals surface area contributed by atoms with E-state index in [9.17, 15) is 0 Å². The first-order valence-corrected chi connectivity index (χ1v) is 7.46. The number of piperidine rings is 1. The van der Waals surface area contributed by atoms with Crippen molar-refractivity contribution in [2.24, 2.45) is 5.41 Å². The summed E-state index contributed by atoms with van der Waals surface area (Å²) in [6.45, 7) is 13.8. The lowest BCUT2D eigenvalue weighted by molar-refractivity contribution is 0.0286. The zero-order valence-corrected chi connectivity index (χ0v) is 13.0. The van der Waals surface area contributed by atoms with E-state index in [2.05, 4.69) is 37.9 Å². The van der Waals surface area contributed by atoms with Crippen molar-refractivity contribution in [1.29, 1.82) is 0 Å². The second kappa shape index (κ2) is 7.46. The van der Waals surface area contributed by atoms with Crippen LogP contribution >= 0.6 is 0 Å². The molecule has 0 aromatic rings. The molecule has 0 aromatic heterocycles. The molecule has 0 amide bonds. The second-order valence-electron chi connectivity index (χ2n) is 6.57. The lowest BCUT2D eigenvalue weighted by Gasteiger charge is -2.36. The molecule has 3 nitrogen and oxygen atoms in total. The van der Waals surface area contributed by atoms with Gasteiger partial charge in [0.2, 0.25) is 0 Å². The van der Waals surface area contributed by atoms with Gasteiger partial charge in [-0.1, -0.05) is 27.7 Å². The fraction of sp³-hybridized carbons (Fsp3) is 1.00. The third kappa shape index (κ3) is 5.25. The summed E-state index contributed by atoms with van der Waals surface area (Å²) in [7, 11) is 1.84. The summed E-state index contributed by atoms with van der Waals surface area (Å²) in [6.07, 6.45) is 4.18. The van der Waals surface area contributed by atoms with Crippen LogP contribution in [0.2, 0.25) is 0 Å². The largest absolute Gasteiger partial charge is 0.380 e. The van der Waals surface area contributed by atoms with Crippen LogP contribution in [0.4, 0.5) is 0 Å². The molecule has 2 atom stereocenters. The quantitative estimate of drug-likeness (QED) is 0.790. The van der Waals surface area contributed by atoms with E-state index < -0.39 is 0 Å². The van der Waals surface area contributed by atoms with E-state index in [1.165, 1.54) is 32.4 Å². The van der Waals surface area contributed by atoms with E-state index >= 15 is 0 Å². The van der Waals surface area contributed by atoms with Crippen LogP contribution in [-0.2, 0) is 4.74 Å². The predicted octanol–water partition coefficient (Wildman–Crippen LogP) is 2.51. The SMILES string of the molecule is CCNC(CCN1CCCC(OC)C1)C(C)(C)C. The van der Waals surface area contributed by atoms with Crippen LogP contribution in [0.25, 0.3) is 0 Å². The van der Waals surface area contributed by atoms with Crippen molar-refractivity contribution < 1.29 is 4.74 Å². The molecule has 1 N–H and O–H groups in total. The van der Waals surface area contributed by atoms with Crippen LogP contribution in [-0.4, -0.2) is 50.3 Å². The highest BCUT2D eigenvalue weighted by atomic mass is 16.5. The Morgan fingerprint density at radius 1 is 1.39 bits per heavy atom. The Morgan fingerprint density at radius 3 is 2.67 bits per heavy atom. The molecule has 18 heavy (non-hydrogen) atoms. The zero-order valence-electron chi connectivity index (χ0n) is 13.0. The number of methoxy groups -OCH3 is 1. The summed E-state index contributed by atoms with van der Waals surface area (Å²) in [6, 6.07) is 0.602. The van der Waals surface area contributed by atoms with Crippen molar-refractivity contribution in [2.45, 2.75) is 59.1 Å². The molecule has 0 bridgehead atoms. The summed E-state index contributed by atoms with van der Waals surface area (Å²) < 4.78 is 5.49. The first-order chi connectivity index (χ1) is 8.47. The van der Waals surface area contributed by atoms with Crippen molar-refractivity contribution in [1.82, 2.24) is 10.2 Å². The van der Waals surface area contributed by atoms with Crippen LogP contribution in [0.15, 0.2) is 0 Å². The number of nitrogens with zero attached hydrogens (tertiary/aromatic N) is 1. The molecular weight excluding hydrogens is 224 g/mol. The number of rotatable bonds is 6. The van der Waals surface area contributed by atoms with Crippen LogP contribution in [0, 0.1) is 5.41 Å². The highest BCUT2D eigenvalue weighted by molar-refractivity contribution is 4.82. The maximum Gasteiger partial charge on any atom is 0.0698 e. The highest BCUT2D eigenvalue weighted by Gasteiger charge is 2.25. The van der Waals surface area contributed by atoms with E-state index in [4.69, 9.17) is 4.74 Å². The number of nitrogens with one attached hydrogen (secondary N) is 1. The topological polar surface area (TPSA) is 24.5 Å². The highest BCUT2D eigenvalue weighted by Crippen LogP contribution is 2.23. The van der Waals surface area contributed by atoms with Crippen molar-refractivity contribution in [2.75, 3.05) is 33.3 Å². The van der Waals surface area contributed by atoms with Gasteiger partial charge in [0.25, 0.3) is 0 Å². The lowest BCUT2D eigenvalue weighted by Crippen LogP contribution is -2.45. The molecule has 0 saturated carbocycles. The number of hydrogen-bond donors (Lipinski definition) is 1. The van der Waals surface area contributed by atoms with E-state index in [0.717, 1.165) is 13.1 Å². The fourth-order valence-corrected chi connectivity index (χ4v) is 2.81. The molecule has 0 radical (unpaired) electrons. The van der Waals surface area contributed by atoms with Gasteiger partial charge in [-0.15, -0.1) is 0 Å². The molecule has 0 spiro atoms. The van der Waals surface area contributed by atoms with Gasteiger partial charge in [-0.3, -0.25) is 0 Å². The molecule has 1 aliphatic rings. The monoisotopic (exact) mass is 256 g/mol. The number of hydrogen-bond acceptors (Lipinski definition) is 3. The molecule has 108 valence electrons. The Kier molecular flexibility index (Phi) is 6.61. The van der Waals surface area contributed by atoms with Gasteiger partial charge in [-0.2, -0.15) is 0 Å². The first kappa shape index (κ1) is 15.9. The third-order valence-electron chi connectivity index (χ3n) is 4.03. The van der Waals surface area contributed by atoms with Crippen molar-refractivity contribution >= 4 is 0 Å². The summed E-state index contributed by atoms with van der Waals surface area (Å²) in [5.74, 6) is 0. The predicted molar refractivity (Wildman–Crippen MR) is 78.0 cm³/mol. The second-order valence-corrected chi connectivity index (χ2v) is 6.57. The standard InChI is InChI=1S/C15H32N2O/c1-6-16-14(15(2,3)4)9-11-17-10-7-8-13(12-17)18-5/h13-14,16H,6-12H2,1-5H3. The van der Waals surface area contributed by atoms with E-state index in [1.54, 1.807) is 0 Å². The van der Waals surface area contributed by atoms with E-state index in [-0.39, 0.29) is 0 Å². The number of ether oxygens (including phenoxy) is 1. The summed E-state index contributed by atoms with van der Waals surface area (Å²) in [5.41, 5.74) is 0.340. The molecule has 1 fully saturated rings. The van der Waals surface area contributed by atoms with Crippen LogP contribution in [0.1, 0.15) is 47.0 Å². The van der Waals surface area contributed by atoms with Crippen LogP contribution < -0.4 is 5.32 Å². The lowest BCUT2D eigenvalue weighted by atomic mass is 9.84. The van der Waals surface area contributed by atoms with Gasteiger partial charge < -0.3 is 15.0 Å². The maximum absolute atomic E-state index is 5.49. The Balaban J connectivity index is 2.37. The van der Waals surface area contributed by atoms with Gasteiger partial charge in [-0.25, -0.2) is 0 Å². The van der Waals surface area contributed by atoms with Crippen LogP contribution in [0.3, 0.4) is 0 Å². The van der Waals surface area contributed by atoms with Crippen LogP contribution in [0.5, 0.6) is 0 Å². The minimum absolute atomic E-state index is 0.340. The van der Waals surface area contributed by atoms with E-state index in [1.807, 2.05) is 7.11 Å². The first-order valence-electron chi connectivity index (χ1n) is 7.46. The average molecular weight is 256 g/mol. The average Bonchev–Trinajstić information content (AvgIpc) is 2.33. The molecule has 1 aliphatic heterocycles. The number of likely N-dealkylation sites (tertiary alicyclic amines) is 1. The molecule has 1 rings (SSSR count). The third-order valence-corrected chi connectivity index (χ3v) is 4.03. The normalized spacial score (nSPS) is 24.2. The van der Waals surface area contributed by atoms with Gasteiger partial charge in [-0.05, 0) is 44.3 Å². The van der Waals surface area contributed by atoms with Crippen molar-refractivity contribution in [3.8, 4) is 0 Å². The minimum atomic E-state index is 0.340. The molecular formula is C15H32N2O. The molecule has 2 unspecified atom stereocenters.